The van der Waals surface area contributed by atoms with Crippen molar-refractivity contribution >= 4 is 15.9 Å². The molecule has 0 saturated carbocycles. The van der Waals surface area contributed by atoms with Crippen LogP contribution in [0.2, 0.25) is 0 Å². The van der Waals surface area contributed by atoms with Crippen molar-refractivity contribution in [1.29, 1.82) is 0 Å². The van der Waals surface area contributed by atoms with Gasteiger partial charge in [-0.2, -0.15) is 5.10 Å². The van der Waals surface area contributed by atoms with E-state index in [2.05, 4.69) is 15.4 Å². The molecule has 1 atom stereocenters. The van der Waals surface area contributed by atoms with Gasteiger partial charge in [0.25, 0.3) is 0 Å². The number of hydrogen-bond donors (Lipinski definition) is 1. The van der Waals surface area contributed by atoms with Crippen molar-refractivity contribution in [3.63, 3.8) is 0 Å². The summed E-state index contributed by atoms with van der Waals surface area (Å²) >= 11 is 0. The molecule has 0 radical (unpaired) electrons. The van der Waals surface area contributed by atoms with Crippen LogP contribution in [0.3, 0.4) is 0 Å². The Hall–Kier alpha value is -2.42. The number of amides is 2. The van der Waals surface area contributed by atoms with Crippen LogP contribution < -0.4 is 5.32 Å². The first-order valence-corrected chi connectivity index (χ1v) is 9.43. The molecule has 3 rings (SSSR count). The molecule has 2 amide bonds. The Morgan fingerprint density at radius 1 is 1.42 bits per heavy atom. The first-order valence-electron chi connectivity index (χ1n) is 7.61. The maximum atomic E-state index is 12.3. The summed E-state index contributed by atoms with van der Waals surface area (Å²) in [4.78, 5) is 18.1. The lowest BCUT2D eigenvalue weighted by atomic mass is 10.2. The van der Waals surface area contributed by atoms with Crippen LogP contribution in [-0.4, -0.2) is 58.7 Å². The van der Waals surface area contributed by atoms with E-state index in [1.165, 1.54) is 4.90 Å². The normalized spacial score (nSPS) is 19.1. The molecule has 1 fully saturated rings. The molecule has 1 unspecified atom stereocenters. The van der Waals surface area contributed by atoms with E-state index in [1.54, 1.807) is 42.5 Å². The lowest BCUT2D eigenvalue weighted by Gasteiger charge is -2.23. The van der Waals surface area contributed by atoms with E-state index in [0.717, 1.165) is 5.56 Å². The van der Waals surface area contributed by atoms with Crippen LogP contribution in [0.15, 0.2) is 36.8 Å². The van der Waals surface area contributed by atoms with Gasteiger partial charge in [0.2, 0.25) is 0 Å². The van der Waals surface area contributed by atoms with Crippen molar-refractivity contribution in [3.8, 4) is 5.82 Å². The summed E-state index contributed by atoms with van der Waals surface area (Å²) in [5.74, 6) is 0.817. The van der Waals surface area contributed by atoms with Gasteiger partial charge in [-0.25, -0.2) is 22.9 Å². The smallest absolute Gasteiger partial charge is 0.317 e. The van der Waals surface area contributed by atoms with Crippen LogP contribution in [0.25, 0.3) is 5.82 Å². The topological polar surface area (TPSA) is 97.2 Å². The van der Waals surface area contributed by atoms with Gasteiger partial charge in [0.15, 0.2) is 15.7 Å². The zero-order chi connectivity index (χ0) is 17.2. The number of carbonyl (C=O) groups excluding carboxylic acids is 1. The minimum Gasteiger partial charge on any atom is -0.334 e. The second-order valence-electron chi connectivity index (χ2n) is 5.76. The van der Waals surface area contributed by atoms with Gasteiger partial charge in [-0.1, -0.05) is 6.07 Å². The van der Waals surface area contributed by atoms with Crippen LogP contribution in [0.5, 0.6) is 0 Å². The Kier molecular flexibility index (Phi) is 4.52. The van der Waals surface area contributed by atoms with Gasteiger partial charge in [0.1, 0.15) is 0 Å². The SMILES string of the molecule is CN(C(=O)NCc1cccnc1-n1cccn1)C1CCS(=O)(=O)C1. The Balaban J connectivity index is 1.65. The fraction of sp³-hybridized carbons (Fsp3) is 0.400. The van der Waals surface area contributed by atoms with E-state index in [0.29, 0.717) is 12.2 Å². The van der Waals surface area contributed by atoms with E-state index in [4.69, 9.17) is 0 Å². The Morgan fingerprint density at radius 3 is 2.92 bits per heavy atom. The summed E-state index contributed by atoms with van der Waals surface area (Å²) in [6.45, 7) is 0.283. The summed E-state index contributed by atoms with van der Waals surface area (Å²) < 4.78 is 24.7. The molecule has 3 heterocycles. The van der Waals surface area contributed by atoms with Gasteiger partial charge in [0.05, 0.1) is 11.5 Å². The third-order valence-electron chi connectivity index (χ3n) is 4.10. The number of carbonyl (C=O) groups is 1. The molecule has 128 valence electrons. The molecule has 1 N–H and O–H groups in total. The molecule has 0 bridgehead atoms. The summed E-state index contributed by atoms with van der Waals surface area (Å²) in [5.41, 5.74) is 0.821. The average Bonchev–Trinajstić information content (AvgIpc) is 3.21. The molecule has 9 heteroatoms. The van der Waals surface area contributed by atoms with Gasteiger partial charge in [-0.15, -0.1) is 0 Å². The highest BCUT2D eigenvalue weighted by Crippen LogP contribution is 2.17. The van der Waals surface area contributed by atoms with Crippen LogP contribution in [0.1, 0.15) is 12.0 Å². The quantitative estimate of drug-likeness (QED) is 0.871. The molecular formula is C15H19N5O3S. The molecule has 0 aromatic carbocycles. The van der Waals surface area contributed by atoms with E-state index in [1.807, 2.05) is 6.07 Å². The lowest BCUT2D eigenvalue weighted by molar-refractivity contribution is 0.194. The number of aromatic nitrogens is 3. The molecule has 2 aromatic rings. The number of hydrogen-bond acceptors (Lipinski definition) is 5. The summed E-state index contributed by atoms with van der Waals surface area (Å²) in [6.07, 6.45) is 5.59. The monoisotopic (exact) mass is 349 g/mol. The number of rotatable bonds is 4. The highest BCUT2D eigenvalue weighted by Gasteiger charge is 2.32. The third kappa shape index (κ3) is 3.56. The predicted octanol–water partition coefficient (Wildman–Crippen LogP) is 0.596. The molecule has 0 aliphatic carbocycles. The van der Waals surface area contributed by atoms with Crippen molar-refractivity contribution in [1.82, 2.24) is 25.0 Å². The third-order valence-corrected chi connectivity index (χ3v) is 5.85. The van der Waals surface area contributed by atoms with Gasteiger partial charge in [-0.05, 0) is 18.6 Å². The van der Waals surface area contributed by atoms with Crippen molar-refractivity contribution in [3.05, 3.63) is 42.4 Å². The maximum absolute atomic E-state index is 12.3. The standard InChI is InChI=1S/C15H19N5O3S/c1-19(13-5-9-24(22,23)11-13)15(21)17-10-12-4-2-6-16-14(12)20-8-3-7-18-20/h2-4,6-8,13H,5,9-11H2,1H3,(H,17,21). The number of nitrogens with one attached hydrogen (secondary N) is 1. The van der Waals surface area contributed by atoms with Crippen molar-refractivity contribution in [2.75, 3.05) is 18.6 Å². The minimum atomic E-state index is -3.02. The van der Waals surface area contributed by atoms with Gasteiger partial charge in [0, 0.05) is 43.8 Å². The fourth-order valence-electron chi connectivity index (χ4n) is 2.71. The highest BCUT2D eigenvalue weighted by atomic mass is 32.2. The summed E-state index contributed by atoms with van der Waals surface area (Å²) in [7, 11) is -1.40. The first kappa shape index (κ1) is 16.4. The number of sulfone groups is 1. The van der Waals surface area contributed by atoms with Gasteiger partial charge < -0.3 is 10.2 Å². The molecule has 24 heavy (non-hydrogen) atoms. The van der Waals surface area contributed by atoms with E-state index in [9.17, 15) is 13.2 Å². The van der Waals surface area contributed by atoms with Gasteiger partial charge in [-0.3, -0.25) is 0 Å². The Bertz CT molecular complexity index is 819. The maximum Gasteiger partial charge on any atom is 0.317 e. The highest BCUT2D eigenvalue weighted by molar-refractivity contribution is 7.91. The van der Waals surface area contributed by atoms with E-state index in [-0.39, 0.29) is 30.1 Å². The largest absolute Gasteiger partial charge is 0.334 e. The molecular weight excluding hydrogens is 330 g/mol. The van der Waals surface area contributed by atoms with E-state index >= 15 is 0 Å². The molecule has 2 aromatic heterocycles. The summed E-state index contributed by atoms with van der Waals surface area (Å²) in [6, 6.07) is 4.89. The van der Waals surface area contributed by atoms with Crippen LogP contribution in [0.4, 0.5) is 4.79 Å². The minimum absolute atomic E-state index is 0.0301. The molecule has 1 aliphatic heterocycles. The molecule has 1 aliphatic rings. The van der Waals surface area contributed by atoms with Crippen LogP contribution in [-0.2, 0) is 16.4 Å². The Morgan fingerprint density at radius 2 is 2.25 bits per heavy atom. The predicted molar refractivity (Wildman–Crippen MR) is 88.4 cm³/mol. The van der Waals surface area contributed by atoms with Crippen molar-refractivity contribution in [2.24, 2.45) is 0 Å². The molecule has 8 nitrogen and oxygen atoms in total. The zero-order valence-corrected chi connectivity index (χ0v) is 14.1. The molecule has 1 saturated heterocycles. The van der Waals surface area contributed by atoms with Gasteiger partial charge >= 0.3 is 6.03 Å². The fourth-order valence-corrected chi connectivity index (χ4v) is 4.49. The van der Waals surface area contributed by atoms with Crippen LogP contribution >= 0.6 is 0 Å². The van der Waals surface area contributed by atoms with Crippen molar-refractivity contribution in [2.45, 2.75) is 19.0 Å². The van der Waals surface area contributed by atoms with E-state index < -0.39 is 9.84 Å². The number of urea groups is 1. The average molecular weight is 349 g/mol. The second kappa shape index (κ2) is 6.60. The summed E-state index contributed by atoms with van der Waals surface area (Å²) in [5, 5.41) is 6.97. The lowest BCUT2D eigenvalue weighted by Crippen LogP contribution is -2.44. The number of nitrogens with zero attached hydrogens (tertiary/aromatic N) is 4. The Labute approximate surface area is 140 Å². The van der Waals surface area contributed by atoms with Crippen LogP contribution in [0, 0.1) is 0 Å². The molecule has 0 spiro atoms. The number of pyridine rings is 1. The zero-order valence-electron chi connectivity index (χ0n) is 13.3. The first-order chi connectivity index (χ1) is 11.5. The van der Waals surface area contributed by atoms with Crippen molar-refractivity contribution < 1.29 is 13.2 Å². The second-order valence-corrected chi connectivity index (χ2v) is 7.99.